The number of amidine groups is 1. The first-order valence-corrected chi connectivity index (χ1v) is 14.9. The molecule has 0 fully saturated rings. The van der Waals surface area contributed by atoms with Crippen LogP contribution >= 0.6 is 0 Å². The maximum atomic E-state index is 14.2. The lowest BCUT2D eigenvalue weighted by atomic mass is 10.0. The van der Waals surface area contributed by atoms with Gasteiger partial charge in [-0.3, -0.25) is 19.5 Å². The Balaban J connectivity index is 1.52. The third kappa shape index (κ3) is 5.75. The Morgan fingerprint density at radius 3 is 2.37 bits per heavy atom. The third-order valence-electron chi connectivity index (χ3n) is 7.17. The molecule has 1 unspecified atom stereocenters. The second-order valence-electron chi connectivity index (χ2n) is 9.90. The summed E-state index contributed by atoms with van der Waals surface area (Å²) in [6.07, 6.45) is 1.50. The summed E-state index contributed by atoms with van der Waals surface area (Å²) in [5.74, 6) is -1.67. The number of aliphatic carboxylic acids is 1. The number of nitrogens with zero attached hydrogens (tertiary/aromatic N) is 2. The predicted molar refractivity (Wildman–Crippen MR) is 166 cm³/mol. The number of carbonyl (C=O) groups is 2. The van der Waals surface area contributed by atoms with E-state index in [1.165, 1.54) is 18.3 Å². The minimum atomic E-state index is -4.39. The Labute approximate surface area is 248 Å². The molecular formula is C32H29N5O5S. The summed E-state index contributed by atoms with van der Waals surface area (Å²) >= 11 is 0. The minimum Gasteiger partial charge on any atom is -0.480 e. The highest BCUT2D eigenvalue weighted by atomic mass is 32.2. The maximum Gasteiger partial charge on any atom is 0.327 e. The standard InChI is InChI=1S/C32H29N5O5S/c1-2-27(32(39)40)37(43(41,42)28-10-4-6-21-8-5-17-35-29(21)28)24-15-16-25-23(18-24)7-3-9-26(25)31(38)36-19-20-11-13-22(14-12-20)30(33)34/h3-18,27H,2,19H2,1H3,(H3,33,34)(H,36,38)(H,39,40). The molecule has 0 aliphatic carbocycles. The van der Waals surface area contributed by atoms with Gasteiger partial charge in [-0.25, -0.2) is 13.2 Å². The predicted octanol–water partition coefficient (Wildman–Crippen LogP) is 4.66. The van der Waals surface area contributed by atoms with Crippen molar-refractivity contribution in [3.05, 3.63) is 114 Å². The van der Waals surface area contributed by atoms with Gasteiger partial charge in [-0.2, -0.15) is 0 Å². The lowest BCUT2D eigenvalue weighted by Crippen LogP contribution is -2.45. The van der Waals surface area contributed by atoms with Gasteiger partial charge in [0.1, 0.15) is 16.8 Å². The number of rotatable bonds is 10. The number of anilines is 1. The first kappa shape index (κ1) is 29.2. The number of amides is 1. The molecule has 5 N–H and O–H groups in total. The van der Waals surface area contributed by atoms with Crippen LogP contribution in [0, 0.1) is 5.41 Å². The molecule has 0 spiro atoms. The average Bonchev–Trinajstić information content (AvgIpc) is 3.01. The summed E-state index contributed by atoms with van der Waals surface area (Å²) in [4.78, 5) is 29.7. The van der Waals surface area contributed by atoms with E-state index in [0.29, 0.717) is 27.3 Å². The summed E-state index contributed by atoms with van der Waals surface area (Å²) in [5, 5.41) is 22.2. The third-order valence-corrected chi connectivity index (χ3v) is 9.04. The van der Waals surface area contributed by atoms with Gasteiger partial charge in [0.15, 0.2) is 0 Å². The van der Waals surface area contributed by atoms with Crippen LogP contribution in [0.2, 0.25) is 0 Å². The highest BCUT2D eigenvalue weighted by Crippen LogP contribution is 2.33. The fraction of sp³-hybridized carbons (Fsp3) is 0.125. The number of para-hydroxylation sites is 1. The molecule has 0 aliphatic rings. The van der Waals surface area contributed by atoms with Crippen LogP contribution in [0.5, 0.6) is 0 Å². The molecule has 1 atom stereocenters. The molecule has 5 aromatic rings. The van der Waals surface area contributed by atoms with Gasteiger partial charge in [-0.05, 0) is 53.1 Å². The summed E-state index contributed by atoms with van der Waals surface area (Å²) in [6, 6.07) is 23.6. The molecule has 5 rings (SSSR count). The van der Waals surface area contributed by atoms with Crippen molar-refractivity contribution in [1.29, 1.82) is 5.41 Å². The van der Waals surface area contributed by atoms with Crippen LogP contribution in [0.25, 0.3) is 21.7 Å². The van der Waals surface area contributed by atoms with Crippen LogP contribution in [0.4, 0.5) is 5.69 Å². The van der Waals surface area contributed by atoms with Gasteiger partial charge in [0.25, 0.3) is 15.9 Å². The van der Waals surface area contributed by atoms with Crippen LogP contribution in [-0.4, -0.2) is 42.3 Å². The molecule has 218 valence electrons. The van der Waals surface area contributed by atoms with Crippen molar-refractivity contribution in [3.8, 4) is 0 Å². The molecule has 1 aromatic heterocycles. The Hall–Kier alpha value is -5.29. The number of carboxylic acids is 1. The Morgan fingerprint density at radius 2 is 1.67 bits per heavy atom. The average molecular weight is 596 g/mol. The molecule has 10 nitrogen and oxygen atoms in total. The van der Waals surface area contributed by atoms with E-state index >= 15 is 0 Å². The number of benzene rings is 4. The maximum absolute atomic E-state index is 14.2. The van der Waals surface area contributed by atoms with Crippen LogP contribution in [0.3, 0.4) is 0 Å². The molecular weight excluding hydrogens is 566 g/mol. The number of carboxylic acid groups (broad SMARTS) is 1. The smallest absolute Gasteiger partial charge is 0.327 e. The van der Waals surface area contributed by atoms with E-state index in [0.717, 1.165) is 9.87 Å². The highest BCUT2D eigenvalue weighted by Gasteiger charge is 2.36. The Bertz CT molecular complexity index is 1970. The van der Waals surface area contributed by atoms with Crippen molar-refractivity contribution in [3.63, 3.8) is 0 Å². The lowest BCUT2D eigenvalue weighted by Gasteiger charge is -2.30. The Kier molecular flexibility index (Phi) is 8.09. The first-order chi connectivity index (χ1) is 20.6. The number of hydrogen-bond acceptors (Lipinski definition) is 6. The summed E-state index contributed by atoms with van der Waals surface area (Å²) in [5.41, 5.74) is 7.68. The fourth-order valence-electron chi connectivity index (χ4n) is 5.00. The summed E-state index contributed by atoms with van der Waals surface area (Å²) < 4.78 is 29.3. The van der Waals surface area contributed by atoms with Crippen molar-refractivity contribution in [2.24, 2.45) is 5.73 Å². The molecule has 11 heteroatoms. The number of nitrogen functional groups attached to an aromatic ring is 1. The van der Waals surface area contributed by atoms with E-state index in [1.807, 2.05) is 0 Å². The van der Waals surface area contributed by atoms with Gasteiger partial charge in [-0.15, -0.1) is 0 Å². The summed E-state index contributed by atoms with van der Waals surface area (Å²) in [7, 11) is -4.39. The van der Waals surface area contributed by atoms with Gasteiger partial charge >= 0.3 is 5.97 Å². The SMILES string of the molecule is CCC(C(=O)O)N(c1ccc2c(C(=O)NCc3ccc(C(=N)N)cc3)cccc2c1)S(=O)(=O)c1cccc2cccnc12. The van der Waals surface area contributed by atoms with Crippen LogP contribution in [0.15, 0.2) is 102 Å². The number of pyridine rings is 1. The monoisotopic (exact) mass is 595 g/mol. The largest absolute Gasteiger partial charge is 0.480 e. The second-order valence-corrected chi connectivity index (χ2v) is 11.7. The van der Waals surface area contributed by atoms with Gasteiger partial charge in [-0.1, -0.05) is 67.6 Å². The van der Waals surface area contributed by atoms with Gasteiger partial charge in [0.2, 0.25) is 0 Å². The number of aromatic nitrogens is 1. The molecule has 0 radical (unpaired) electrons. The quantitative estimate of drug-likeness (QED) is 0.135. The molecule has 0 aliphatic heterocycles. The van der Waals surface area contributed by atoms with E-state index in [1.54, 1.807) is 85.8 Å². The molecule has 4 aromatic carbocycles. The molecule has 43 heavy (non-hydrogen) atoms. The number of nitrogens with one attached hydrogen (secondary N) is 2. The number of hydrogen-bond donors (Lipinski definition) is 4. The van der Waals surface area contributed by atoms with Crippen molar-refractivity contribution in [2.45, 2.75) is 30.8 Å². The van der Waals surface area contributed by atoms with E-state index in [-0.39, 0.29) is 40.8 Å². The van der Waals surface area contributed by atoms with Crippen molar-refractivity contribution >= 4 is 55.1 Å². The molecule has 1 heterocycles. The second kappa shape index (κ2) is 11.9. The van der Waals surface area contributed by atoms with E-state index in [9.17, 15) is 23.1 Å². The van der Waals surface area contributed by atoms with Gasteiger partial charge in [0, 0.05) is 29.3 Å². The molecule has 1 amide bonds. The minimum absolute atomic E-state index is 0.0145. The number of sulfonamides is 1. The van der Waals surface area contributed by atoms with Crippen LogP contribution in [0.1, 0.15) is 34.8 Å². The first-order valence-electron chi connectivity index (χ1n) is 13.5. The van der Waals surface area contributed by atoms with Gasteiger partial charge < -0.3 is 16.2 Å². The van der Waals surface area contributed by atoms with Crippen LogP contribution in [-0.2, 0) is 21.4 Å². The zero-order valence-electron chi connectivity index (χ0n) is 23.2. The number of fused-ring (bicyclic) bond motifs is 2. The van der Waals surface area contributed by atoms with Crippen molar-refractivity contribution in [1.82, 2.24) is 10.3 Å². The number of nitrogens with two attached hydrogens (primary N) is 1. The van der Waals surface area contributed by atoms with E-state index in [2.05, 4.69) is 10.3 Å². The Morgan fingerprint density at radius 1 is 0.977 bits per heavy atom. The van der Waals surface area contributed by atoms with Gasteiger partial charge in [0.05, 0.1) is 11.2 Å². The van der Waals surface area contributed by atoms with E-state index in [4.69, 9.17) is 11.1 Å². The van der Waals surface area contributed by atoms with Crippen molar-refractivity contribution in [2.75, 3.05) is 4.31 Å². The zero-order chi connectivity index (χ0) is 30.7. The highest BCUT2D eigenvalue weighted by molar-refractivity contribution is 7.93. The lowest BCUT2D eigenvalue weighted by molar-refractivity contribution is -0.138. The van der Waals surface area contributed by atoms with Crippen LogP contribution < -0.4 is 15.4 Å². The zero-order valence-corrected chi connectivity index (χ0v) is 24.0. The summed E-state index contributed by atoms with van der Waals surface area (Å²) in [6.45, 7) is 1.85. The number of carbonyl (C=O) groups excluding carboxylic acids is 1. The van der Waals surface area contributed by atoms with E-state index < -0.39 is 22.0 Å². The topological polar surface area (TPSA) is 167 Å². The molecule has 0 bridgehead atoms. The molecule has 0 saturated heterocycles. The fourth-order valence-corrected chi connectivity index (χ4v) is 6.85. The molecule has 0 saturated carbocycles. The normalized spacial score (nSPS) is 12.1. The van der Waals surface area contributed by atoms with Crippen molar-refractivity contribution < 1.29 is 23.1 Å².